The van der Waals surface area contributed by atoms with E-state index in [1.165, 1.54) is 0 Å². The van der Waals surface area contributed by atoms with Crippen molar-refractivity contribution in [3.63, 3.8) is 0 Å². The lowest BCUT2D eigenvalue weighted by molar-refractivity contribution is 0.306. The molecule has 0 aliphatic heterocycles. The molecule has 8 heteroatoms. The van der Waals surface area contributed by atoms with Gasteiger partial charge < -0.3 is 15.3 Å². The number of nitrogens with zero attached hydrogens (tertiary/aromatic N) is 3. The van der Waals surface area contributed by atoms with Crippen LogP contribution in [0.15, 0.2) is 77.9 Å². The van der Waals surface area contributed by atoms with Crippen LogP contribution >= 0.6 is 23.2 Å². The Hall–Kier alpha value is -3.48. The van der Waals surface area contributed by atoms with Crippen molar-refractivity contribution in [1.29, 1.82) is 0 Å². The molecule has 174 valence electrons. The molecule has 4 rings (SSSR count). The normalized spacial score (nSPS) is 11.5. The first-order valence-electron chi connectivity index (χ1n) is 10.7. The highest BCUT2D eigenvalue weighted by Gasteiger charge is 2.23. The van der Waals surface area contributed by atoms with Crippen LogP contribution in [0, 0.1) is 6.92 Å². The molecule has 0 unspecified atom stereocenters. The summed E-state index contributed by atoms with van der Waals surface area (Å²) in [5, 5.41) is 9.56. The summed E-state index contributed by atoms with van der Waals surface area (Å²) in [5.74, 6) is 6.62. The van der Waals surface area contributed by atoms with Crippen LogP contribution in [-0.2, 0) is 11.3 Å². The minimum absolute atomic E-state index is 0.257. The van der Waals surface area contributed by atoms with Gasteiger partial charge in [-0.1, -0.05) is 53.5 Å². The number of ether oxygens (including phenoxy) is 2. The van der Waals surface area contributed by atoms with E-state index in [0.29, 0.717) is 34.6 Å². The van der Waals surface area contributed by atoms with Gasteiger partial charge in [-0.25, -0.2) is 4.68 Å². The molecule has 0 amide bonds. The van der Waals surface area contributed by atoms with E-state index >= 15 is 0 Å². The molecule has 6 nitrogen and oxygen atoms in total. The Kier molecular flexibility index (Phi) is 7.40. The van der Waals surface area contributed by atoms with Gasteiger partial charge in [0.05, 0.1) is 23.0 Å². The molecule has 4 aromatic rings. The zero-order valence-corrected chi connectivity index (χ0v) is 20.3. The lowest BCUT2D eigenvalue weighted by Crippen LogP contribution is -2.12. The Labute approximate surface area is 208 Å². The van der Waals surface area contributed by atoms with Gasteiger partial charge >= 0.3 is 0 Å². The molecule has 3 aromatic carbocycles. The molecule has 1 aromatic heterocycles. The van der Waals surface area contributed by atoms with E-state index in [-0.39, 0.29) is 5.90 Å². The number of benzene rings is 3. The maximum Gasteiger partial charge on any atom is 0.258 e. The third kappa shape index (κ3) is 5.03. The Balaban J connectivity index is 1.74. The Morgan fingerprint density at radius 1 is 1.03 bits per heavy atom. The van der Waals surface area contributed by atoms with Crippen molar-refractivity contribution >= 4 is 29.1 Å². The molecule has 0 aliphatic carbocycles. The summed E-state index contributed by atoms with van der Waals surface area (Å²) in [4.78, 5) is 0. The second kappa shape index (κ2) is 10.6. The van der Waals surface area contributed by atoms with Crippen molar-refractivity contribution in [3.05, 3.63) is 99.7 Å². The molecule has 0 aliphatic rings. The van der Waals surface area contributed by atoms with Crippen molar-refractivity contribution in [2.75, 3.05) is 6.61 Å². The summed E-state index contributed by atoms with van der Waals surface area (Å²) in [5.41, 5.74) is 4.91. The largest absolute Gasteiger partial charge is 0.489 e. The van der Waals surface area contributed by atoms with E-state index in [9.17, 15) is 0 Å². The number of halogens is 2. The van der Waals surface area contributed by atoms with E-state index in [1.807, 2.05) is 74.5 Å². The van der Waals surface area contributed by atoms with E-state index in [4.69, 9.17) is 43.6 Å². The predicted molar refractivity (Wildman–Crippen MR) is 137 cm³/mol. The maximum atomic E-state index is 6.53. The minimum Gasteiger partial charge on any atom is -0.489 e. The molecule has 0 radical (unpaired) electrons. The van der Waals surface area contributed by atoms with E-state index in [0.717, 1.165) is 28.1 Å². The molecular formula is C26H24Cl2N4O2. The van der Waals surface area contributed by atoms with Gasteiger partial charge in [-0.05, 0) is 61.9 Å². The van der Waals surface area contributed by atoms with Crippen LogP contribution in [0.3, 0.4) is 0 Å². The topological polar surface area (TPSA) is 74.7 Å². The highest BCUT2D eigenvalue weighted by Crippen LogP contribution is 2.33. The minimum atomic E-state index is 0.257. The highest BCUT2D eigenvalue weighted by molar-refractivity contribution is 6.35. The number of nitrogens with two attached hydrogens (primary N) is 1. The van der Waals surface area contributed by atoms with Gasteiger partial charge in [0.1, 0.15) is 12.4 Å². The Bertz CT molecular complexity index is 1300. The van der Waals surface area contributed by atoms with Gasteiger partial charge in [0.15, 0.2) is 5.69 Å². The van der Waals surface area contributed by atoms with Crippen LogP contribution < -0.4 is 10.6 Å². The molecule has 0 bridgehead atoms. The van der Waals surface area contributed by atoms with Crippen LogP contribution in [0.4, 0.5) is 0 Å². The van der Waals surface area contributed by atoms with Crippen molar-refractivity contribution in [1.82, 2.24) is 9.78 Å². The monoisotopic (exact) mass is 494 g/mol. The Morgan fingerprint density at radius 2 is 1.76 bits per heavy atom. The van der Waals surface area contributed by atoms with Crippen LogP contribution in [0.5, 0.6) is 5.75 Å². The van der Waals surface area contributed by atoms with Gasteiger partial charge in [0.25, 0.3) is 5.90 Å². The number of hydrogen-bond donors (Lipinski definition) is 1. The number of hydrazone groups is 1. The summed E-state index contributed by atoms with van der Waals surface area (Å²) < 4.78 is 13.3. The van der Waals surface area contributed by atoms with Crippen LogP contribution in [0.1, 0.15) is 23.7 Å². The average Bonchev–Trinajstić information content (AvgIpc) is 3.18. The van der Waals surface area contributed by atoms with E-state index in [2.05, 4.69) is 5.10 Å². The molecule has 0 saturated heterocycles. The molecule has 0 atom stereocenters. The van der Waals surface area contributed by atoms with E-state index < -0.39 is 0 Å². The molecule has 34 heavy (non-hydrogen) atoms. The third-order valence-electron chi connectivity index (χ3n) is 5.24. The van der Waals surface area contributed by atoms with Gasteiger partial charge in [-0.3, -0.25) is 0 Å². The SMILES string of the molecule is CCOC(=NN)c1nn(-c2ccc(Cl)cc2Cl)c(-c2ccc(OCc3ccccc3)cc2)c1C. The quantitative estimate of drug-likeness (QED) is 0.140. The molecule has 0 saturated carbocycles. The van der Waals surface area contributed by atoms with Crippen molar-refractivity contribution in [2.24, 2.45) is 10.9 Å². The summed E-state index contributed by atoms with van der Waals surface area (Å²) >= 11 is 12.7. The Morgan fingerprint density at radius 3 is 2.41 bits per heavy atom. The lowest BCUT2D eigenvalue weighted by Gasteiger charge is -2.12. The third-order valence-corrected chi connectivity index (χ3v) is 5.77. The zero-order valence-electron chi connectivity index (χ0n) is 18.8. The standard InChI is InChI=1S/C26H24Cl2N4O2/c1-3-33-26(30-29)24-17(2)25(32(31-24)23-14-11-20(27)15-22(23)28)19-9-12-21(13-10-19)34-16-18-7-5-4-6-8-18/h4-15H,3,16,29H2,1-2H3. The molecule has 2 N–H and O–H groups in total. The molecule has 0 spiro atoms. The van der Waals surface area contributed by atoms with Crippen LogP contribution in [-0.4, -0.2) is 22.3 Å². The van der Waals surface area contributed by atoms with Crippen LogP contribution in [0.25, 0.3) is 16.9 Å². The number of aromatic nitrogens is 2. The maximum absolute atomic E-state index is 6.53. The first-order valence-corrected chi connectivity index (χ1v) is 11.5. The van der Waals surface area contributed by atoms with Gasteiger partial charge in [0.2, 0.25) is 0 Å². The first kappa shape index (κ1) is 23.7. The molecule has 0 fully saturated rings. The van der Waals surface area contributed by atoms with Crippen molar-refractivity contribution in [2.45, 2.75) is 20.5 Å². The fraction of sp³-hybridized carbons (Fsp3) is 0.154. The summed E-state index contributed by atoms with van der Waals surface area (Å²) in [7, 11) is 0. The second-order valence-electron chi connectivity index (χ2n) is 7.50. The first-order chi connectivity index (χ1) is 16.5. The van der Waals surface area contributed by atoms with Crippen molar-refractivity contribution < 1.29 is 9.47 Å². The van der Waals surface area contributed by atoms with Crippen molar-refractivity contribution in [3.8, 4) is 22.7 Å². The van der Waals surface area contributed by atoms with Crippen LogP contribution in [0.2, 0.25) is 10.0 Å². The second-order valence-corrected chi connectivity index (χ2v) is 8.34. The van der Waals surface area contributed by atoms with Gasteiger partial charge in [-0.15, -0.1) is 5.10 Å². The molecule has 1 heterocycles. The zero-order chi connectivity index (χ0) is 24.1. The summed E-state index contributed by atoms with van der Waals surface area (Å²) in [6.45, 7) is 4.71. The molecular weight excluding hydrogens is 471 g/mol. The van der Waals surface area contributed by atoms with Gasteiger partial charge in [0, 0.05) is 16.1 Å². The smallest absolute Gasteiger partial charge is 0.258 e. The predicted octanol–water partition coefficient (Wildman–Crippen LogP) is 6.39. The van der Waals surface area contributed by atoms with E-state index in [1.54, 1.807) is 16.8 Å². The fourth-order valence-corrected chi connectivity index (χ4v) is 4.11. The summed E-state index contributed by atoms with van der Waals surface area (Å²) in [6, 6.07) is 23.1. The lowest BCUT2D eigenvalue weighted by atomic mass is 10.1. The average molecular weight is 495 g/mol. The van der Waals surface area contributed by atoms with Gasteiger partial charge in [-0.2, -0.15) is 5.10 Å². The fourth-order valence-electron chi connectivity index (χ4n) is 3.62. The summed E-state index contributed by atoms with van der Waals surface area (Å²) in [6.07, 6.45) is 0. The highest BCUT2D eigenvalue weighted by atomic mass is 35.5. The number of hydrogen-bond acceptors (Lipinski definition) is 5. The number of rotatable bonds is 7.